The van der Waals surface area contributed by atoms with Crippen molar-refractivity contribution in [3.8, 4) is 17.2 Å². The Kier molecular flexibility index (Phi) is 8.09. The Morgan fingerprint density at radius 1 is 0.974 bits per heavy atom. The molecule has 39 heavy (non-hydrogen) atoms. The number of rotatable bonds is 10. The minimum atomic E-state index is -4.94. The molecule has 4 rings (SSSR count). The maximum Gasteiger partial charge on any atom is 0.407 e. The van der Waals surface area contributed by atoms with Crippen molar-refractivity contribution in [3.63, 3.8) is 0 Å². The number of carbonyl (C=O) groups excluding carboxylic acids is 1. The monoisotopic (exact) mass is 559 g/mol. The van der Waals surface area contributed by atoms with Crippen molar-refractivity contribution in [2.45, 2.75) is 42.4 Å². The molecule has 204 valence electrons. The van der Waals surface area contributed by atoms with E-state index in [2.05, 4.69) is 10.6 Å². The molecule has 0 unspecified atom stereocenters. The van der Waals surface area contributed by atoms with E-state index in [0.29, 0.717) is 24.0 Å². The van der Waals surface area contributed by atoms with Gasteiger partial charge in [-0.05, 0) is 47.2 Å². The number of hydrogen-bond donors (Lipinski definition) is 2. The van der Waals surface area contributed by atoms with Gasteiger partial charge in [0.2, 0.25) is 5.91 Å². The van der Waals surface area contributed by atoms with Gasteiger partial charge in [0, 0.05) is 0 Å². The summed E-state index contributed by atoms with van der Waals surface area (Å²) in [5, 5.41) is 13.9. The van der Waals surface area contributed by atoms with E-state index >= 15 is 0 Å². The molecule has 11 heteroatoms. The number of benzene rings is 3. The molecule has 3 aromatic rings. The van der Waals surface area contributed by atoms with Crippen LogP contribution in [0.15, 0.2) is 78.9 Å². The van der Waals surface area contributed by atoms with E-state index in [-0.39, 0.29) is 0 Å². The SMILES string of the molecule is N#CC1(NC(=O)[C@H](CS(=O)(=O)Cc2ccccc2-c2ccccc2)N[C@@H](c2ccc(F)cc2)C(F)(F)F)CC1. The summed E-state index contributed by atoms with van der Waals surface area (Å²) in [6.07, 6.45) is -4.33. The highest BCUT2D eigenvalue weighted by Gasteiger charge is 2.48. The molecule has 2 N–H and O–H groups in total. The first-order chi connectivity index (χ1) is 18.4. The van der Waals surface area contributed by atoms with Crippen molar-refractivity contribution in [2.75, 3.05) is 5.75 Å². The van der Waals surface area contributed by atoms with E-state index < -0.39 is 62.4 Å². The number of hydrogen-bond acceptors (Lipinski definition) is 5. The predicted molar refractivity (Wildman–Crippen MR) is 137 cm³/mol. The van der Waals surface area contributed by atoms with Gasteiger partial charge in [-0.1, -0.05) is 66.7 Å². The molecule has 1 aliphatic carbocycles. The molecule has 1 saturated carbocycles. The summed E-state index contributed by atoms with van der Waals surface area (Å²) in [7, 11) is -4.16. The molecule has 0 bridgehead atoms. The normalized spacial score (nSPS) is 16.1. The van der Waals surface area contributed by atoms with Gasteiger partial charge in [0.15, 0.2) is 9.84 Å². The fourth-order valence-electron chi connectivity index (χ4n) is 4.24. The average Bonchev–Trinajstić information content (AvgIpc) is 3.67. The molecule has 1 amide bonds. The third-order valence-corrected chi connectivity index (χ3v) is 8.03. The van der Waals surface area contributed by atoms with Gasteiger partial charge >= 0.3 is 6.18 Å². The average molecular weight is 560 g/mol. The summed E-state index contributed by atoms with van der Waals surface area (Å²) < 4.78 is 82.3. The highest BCUT2D eigenvalue weighted by atomic mass is 32.2. The smallest absolute Gasteiger partial charge is 0.336 e. The molecule has 0 aromatic heterocycles. The lowest BCUT2D eigenvalue weighted by Crippen LogP contribution is -2.54. The lowest BCUT2D eigenvalue weighted by Gasteiger charge is -2.28. The predicted octanol–water partition coefficient (Wildman–Crippen LogP) is 4.84. The second kappa shape index (κ2) is 11.2. The quantitative estimate of drug-likeness (QED) is 0.347. The van der Waals surface area contributed by atoms with Crippen LogP contribution in [-0.2, 0) is 20.4 Å². The zero-order valence-corrected chi connectivity index (χ0v) is 21.4. The highest BCUT2D eigenvalue weighted by Crippen LogP contribution is 2.36. The van der Waals surface area contributed by atoms with E-state index in [9.17, 15) is 36.0 Å². The number of amides is 1. The first-order valence-electron chi connectivity index (χ1n) is 12.1. The van der Waals surface area contributed by atoms with E-state index in [1.165, 1.54) is 0 Å². The number of alkyl halides is 3. The number of nitrogens with one attached hydrogen (secondary N) is 2. The molecule has 6 nitrogen and oxygen atoms in total. The Hall–Kier alpha value is -3.75. The summed E-state index contributed by atoms with van der Waals surface area (Å²) in [4.78, 5) is 13.1. The van der Waals surface area contributed by atoms with Crippen LogP contribution < -0.4 is 10.6 Å². The summed E-state index contributed by atoms with van der Waals surface area (Å²) in [6, 6.07) is 16.9. The van der Waals surface area contributed by atoms with Crippen molar-refractivity contribution in [1.82, 2.24) is 10.6 Å². The minimum absolute atomic E-state index is 0.305. The van der Waals surface area contributed by atoms with Crippen molar-refractivity contribution < 1.29 is 30.8 Å². The molecule has 1 aliphatic rings. The Morgan fingerprint density at radius 3 is 2.18 bits per heavy atom. The van der Waals surface area contributed by atoms with Gasteiger partial charge in [0.1, 0.15) is 23.4 Å². The Balaban J connectivity index is 1.64. The number of halogens is 4. The lowest BCUT2D eigenvalue weighted by atomic mass is 10.0. The molecule has 3 aromatic carbocycles. The topological polar surface area (TPSA) is 99.1 Å². The molecule has 1 fully saturated rings. The van der Waals surface area contributed by atoms with Gasteiger partial charge in [-0.25, -0.2) is 12.8 Å². The Bertz CT molecular complexity index is 1470. The van der Waals surface area contributed by atoms with Gasteiger partial charge in [0.25, 0.3) is 0 Å². The van der Waals surface area contributed by atoms with Gasteiger partial charge in [-0.15, -0.1) is 0 Å². The first kappa shape index (κ1) is 28.3. The summed E-state index contributed by atoms with van der Waals surface area (Å²) in [5.41, 5.74) is 0.189. The van der Waals surface area contributed by atoms with Gasteiger partial charge in [-0.2, -0.15) is 18.4 Å². The maximum atomic E-state index is 14.1. The summed E-state index contributed by atoms with van der Waals surface area (Å²) in [5.74, 6) is -3.28. The minimum Gasteiger partial charge on any atom is -0.336 e. The zero-order valence-electron chi connectivity index (χ0n) is 20.6. The van der Waals surface area contributed by atoms with Crippen LogP contribution in [0.1, 0.15) is 30.0 Å². The third-order valence-electron chi connectivity index (χ3n) is 6.44. The number of carbonyl (C=O) groups is 1. The molecule has 0 heterocycles. The van der Waals surface area contributed by atoms with Crippen molar-refractivity contribution >= 4 is 15.7 Å². The highest BCUT2D eigenvalue weighted by molar-refractivity contribution is 7.90. The molecule has 0 radical (unpaired) electrons. The zero-order chi connectivity index (χ0) is 28.3. The van der Waals surface area contributed by atoms with Crippen LogP contribution in [0.4, 0.5) is 17.6 Å². The van der Waals surface area contributed by atoms with E-state index in [1.807, 2.05) is 12.1 Å². The molecule has 0 saturated heterocycles. The third kappa shape index (κ3) is 7.22. The number of nitrogens with zero attached hydrogens (tertiary/aromatic N) is 1. The molecule has 0 spiro atoms. The summed E-state index contributed by atoms with van der Waals surface area (Å²) >= 11 is 0. The van der Waals surface area contributed by atoms with E-state index in [0.717, 1.165) is 29.8 Å². The number of nitriles is 1. The van der Waals surface area contributed by atoms with E-state index in [1.54, 1.807) is 48.5 Å². The van der Waals surface area contributed by atoms with Crippen LogP contribution in [0.25, 0.3) is 11.1 Å². The van der Waals surface area contributed by atoms with Gasteiger partial charge < -0.3 is 5.32 Å². The van der Waals surface area contributed by atoms with Crippen molar-refractivity contribution in [2.24, 2.45) is 0 Å². The van der Waals surface area contributed by atoms with E-state index in [4.69, 9.17) is 0 Å². The van der Waals surface area contributed by atoms with Gasteiger partial charge in [-0.3, -0.25) is 10.1 Å². The largest absolute Gasteiger partial charge is 0.407 e. The molecular weight excluding hydrogens is 534 g/mol. The maximum absolute atomic E-state index is 14.1. The molecule has 0 aliphatic heterocycles. The van der Waals surface area contributed by atoms with Gasteiger partial charge in [0.05, 0.1) is 17.6 Å². The summed E-state index contributed by atoms with van der Waals surface area (Å²) in [6.45, 7) is 0. The lowest BCUT2D eigenvalue weighted by molar-refractivity contribution is -0.160. The second-order valence-electron chi connectivity index (χ2n) is 9.51. The van der Waals surface area contributed by atoms with Crippen LogP contribution in [0.2, 0.25) is 0 Å². The van der Waals surface area contributed by atoms with Crippen LogP contribution >= 0.6 is 0 Å². The Morgan fingerprint density at radius 2 is 1.59 bits per heavy atom. The van der Waals surface area contributed by atoms with Crippen LogP contribution in [0.3, 0.4) is 0 Å². The van der Waals surface area contributed by atoms with Crippen LogP contribution in [0, 0.1) is 17.1 Å². The van der Waals surface area contributed by atoms with Crippen LogP contribution in [0.5, 0.6) is 0 Å². The second-order valence-corrected chi connectivity index (χ2v) is 11.6. The molecular formula is C28H25F4N3O3S. The standard InChI is InChI=1S/C28H25F4N3O3S/c29-22-12-10-20(11-13-22)25(28(30,31)32)34-24(26(36)35-27(18-33)14-15-27)17-39(37,38)16-21-8-4-5-9-23(21)19-6-2-1-3-7-19/h1-13,24-25,34H,14-17H2,(H,35,36)/t24-,25-/m0/s1. The van der Waals surface area contributed by atoms with Crippen molar-refractivity contribution in [1.29, 1.82) is 5.26 Å². The fourth-order valence-corrected chi connectivity index (χ4v) is 5.84. The first-order valence-corrected chi connectivity index (χ1v) is 13.9. The molecule has 2 atom stereocenters. The van der Waals surface area contributed by atoms with Crippen LogP contribution in [-0.4, -0.2) is 37.8 Å². The Labute approximate surface area is 223 Å². The van der Waals surface area contributed by atoms with Crippen molar-refractivity contribution in [3.05, 3.63) is 95.8 Å². The number of sulfone groups is 1. The fraction of sp³-hybridized carbons (Fsp3) is 0.286.